The Morgan fingerprint density at radius 3 is 2.88 bits per heavy atom. The van der Waals surface area contributed by atoms with E-state index in [0.29, 0.717) is 0 Å². The van der Waals surface area contributed by atoms with Crippen LogP contribution in [0.5, 0.6) is 0 Å². The van der Waals surface area contributed by atoms with Gasteiger partial charge in [-0.05, 0) is 43.0 Å². The number of hydrogen-bond acceptors (Lipinski definition) is 2. The lowest BCUT2D eigenvalue weighted by Gasteiger charge is -2.27. The molecule has 0 N–H and O–H groups in total. The molecule has 1 aromatic rings. The van der Waals surface area contributed by atoms with Gasteiger partial charge in [0.1, 0.15) is 0 Å². The van der Waals surface area contributed by atoms with E-state index in [1.165, 1.54) is 43.4 Å². The van der Waals surface area contributed by atoms with Gasteiger partial charge in [0.25, 0.3) is 0 Å². The fraction of sp³-hybridized carbons (Fsp3) is 0.643. The summed E-state index contributed by atoms with van der Waals surface area (Å²) in [5.74, 6) is 1.03. The fourth-order valence-corrected chi connectivity index (χ4v) is 2.78. The molecule has 2 heterocycles. The SMILES string of the molecule is Cc1cc2c(cn1)CN(CCC1CCC1)C2. The molecule has 0 radical (unpaired) electrons. The average Bonchev–Trinajstić information content (AvgIpc) is 2.57. The van der Waals surface area contributed by atoms with Gasteiger partial charge in [0, 0.05) is 25.0 Å². The number of fused-ring (bicyclic) bond motifs is 1. The van der Waals surface area contributed by atoms with E-state index in [9.17, 15) is 0 Å². The summed E-state index contributed by atoms with van der Waals surface area (Å²) < 4.78 is 0. The zero-order valence-electron chi connectivity index (χ0n) is 10.1. The minimum Gasteiger partial charge on any atom is -0.295 e. The lowest BCUT2D eigenvalue weighted by molar-refractivity contribution is 0.216. The Labute approximate surface area is 97.7 Å². The quantitative estimate of drug-likeness (QED) is 0.772. The van der Waals surface area contributed by atoms with Gasteiger partial charge in [0.15, 0.2) is 0 Å². The van der Waals surface area contributed by atoms with Crippen LogP contribution in [0.1, 0.15) is 42.5 Å². The van der Waals surface area contributed by atoms with Crippen LogP contribution in [0.2, 0.25) is 0 Å². The van der Waals surface area contributed by atoms with Crippen molar-refractivity contribution >= 4 is 0 Å². The molecule has 2 heteroatoms. The summed E-state index contributed by atoms with van der Waals surface area (Å²) in [4.78, 5) is 6.95. The summed E-state index contributed by atoms with van der Waals surface area (Å²) >= 11 is 0. The molecule has 1 aromatic heterocycles. The summed E-state index contributed by atoms with van der Waals surface area (Å²) in [7, 11) is 0. The lowest BCUT2D eigenvalue weighted by Crippen LogP contribution is -2.22. The van der Waals surface area contributed by atoms with E-state index in [-0.39, 0.29) is 0 Å². The molecule has 0 atom stereocenters. The van der Waals surface area contributed by atoms with Crippen molar-refractivity contribution in [3.05, 3.63) is 29.1 Å². The number of aryl methyl sites for hydroxylation is 1. The first-order chi connectivity index (χ1) is 7.81. The van der Waals surface area contributed by atoms with Crippen LogP contribution in [0.15, 0.2) is 12.3 Å². The molecule has 16 heavy (non-hydrogen) atoms. The van der Waals surface area contributed by atoms with Crippen molar-refractivity contribution in [1.82, 2.24) is 9.88 Å². The topological polar surface area (TPSA) is 16.1 Å². The summed E-state index contributed by atoms with van der Waals surface area (Å²) in [5.41, 5.74) is 4.10. The third-order valence-corrected chi connectivity index (χ3v) is 4.09. The van der Waals surface area contributed by atoms with Crippen LogP contribution < -0.4 is 0 Å². The van der Waals surface area contributed by atoms with Gasteiger partial charge in [0.2, 0.25) is 0 Å². The number of nitrogens with zero attached hydrogens (tertiary/aromatic N) is 2. The van der Waals surface area contributed by atoms with Gasteiger partial charge in [-0.3, -0.25) is 9.88 Å². The van der Waals surface area contributed by atoms with E-state index < -0.39 is 0 Å². The molecule has 3 rings (SSSR count). The minimum atomic E-state index is 1.03. The smallest absolute Gasteiger partial charge is 0.0376 e. The Morgan fingerprint density at radius 1 is 1.31 bits per heavy atom. The van der Waals surface area contributed by atoms with Gasteiger partial charge in [-0.2, -0.15) is 0 Å². The van der Waals surface area contributed by atoms with E-state index in [1.54, 1.807) is 0 Å². The second-order valence-corrected chi connectivity index (χ2v) is 5.39. The highest BCUT2D eigenvalue weighted by Crippen LogP contribution is 2.31. The standard InChI is InChI=1S/C14H20N2/c1-11-7-13-9-16(10-14(13)8-15-11)6-5-12-3-2-4-12/h7-8,12H,2-6,9-10H2,1H3. The van der Waals surface area contributed by atoms with Gasteiger partial charge in [-0.25, -0.2) is 0 Å². The first-order valence-corrected chi connectivity index (χ1v) is 6.48. The molecule has 0 unspecified atom stereocenters. The van der Waals surface area contributed by atoms with Crippen molar-refractivity contribution in [3.63, 3.8) is 0 Å². The number of rotatable bonds is 3. The molecule has 86 valence electrons. The van der Waals surface area contributed by atoms with Crippen molar-refractivity contribution < 1.29 is 0 Å². The Balaban J connectivity index is 1.57. The predicted molar refractivity (Wildman–Crippen MR) is 65.0 cm³/mol. The molecule has 0 aromatic carbocycles. The molecular weight excluding hydrogens is 196 g/mol. The third kappa shape index (κ3) is 1.99. The van der Waals surface area contributed by atoms with Crippen LogP contribution in [0.4, 0.5) is 0 Å². The molecule has 0 bridgehead atoms. The van der Waals surface area contributed by atoms with E-state index in [0.717, 1.165) is 24.7 Å². The van der Waals surface area contributed by atoms with Crippen molar-refractivity contribution in [1.29, 1.82) is 0 Å². The van der Waals surface area contributed by atoms with Crippen LogP contribution >= 0.6 is 0 Å². The summed E-state index contributed by atoms with van der Waals surface area (Å²) in [6, 6.07) is 2.25. The van der Waals surface area contributed by atoms with E-state index in [2.05, 4.69) is 29.1 Å². The van der Waals surface area contributed by atoms with Crippen LogP contribution in [-0.2, 0) is 13.1 Å². The zero-order chi connectivity index (χ0) is 11.0. The summed E-state index contributed by atoms with van der Waals surface area (Å²) in [6.07, 6.45) is 7.88. The lowest BCUT2D eigenvalue weighted by atomic mass is 9.83. The van der Waals surface area contributed by atoms with Gasteiger partial charge in [0.05, 0.1) is 0 Å². The van der Waals surface area contributed by atoms with Gasteiger partial charge < -0.3 is 0 Å². The summed E-state index contributed by atoms with van der Waals surface area (Å²) in [6.45, 7) is 5.62. The Hall–Kier alpha value is -0.890. The maximum absolute atomic E-state index is 4.38. The molecule has 0 amide bonds. The molecular formula is C14H20N2. The van der Waals surface area contributed by atoms with Gasteiger partial charge in [-0.1, -0.05) is 19.3 Å². The van der Waals surface area contributed by atoms with Crippen molar-refractivity contribution in [3.8, 4) is 0 Å². The van der Waals surface area contributed by atoms with Crippen molar-refractivity contribution in [2.24, 2.45) is 5.92 Å². The van der Waals surface area contributed by atoms with Gasteiger partial charge >= 0.3 is 0 Å². The van der Waals surface area contributed by atoms with Crippen LogP contribution in [-0.4, -0.2) is 16.4 Å². The molecule has 1 aliphatic carbocycles. The molecule has 1 fully saturated rings. The van der Waals surface area contributed by atoms with E-state index in [4.69, 9.17) is 0 Å². The second-order valence-electron chi connectivity index (χ2n) is 5.39. The molecule has 2 nitrogen and oxygen atoms in total. The molecule has 2 aliphatic rings. The maximum Gasteiger partial charge on any atom is 0.0376 e. The fourth-order valence-electron chi connectivity index (χ4n) is 2.78. The Bertz CT molecular complexity index is 382. The molecule has 1 aliphatic heterocycles. The monoisotopic (exact) mass is 216 g/mol. The van der Waals surface area contributed by atoms with Gasteiger partial charge in [-0.15, -0.1) is 0 Å². The first-order valence-electron chi connectivity index (χ1n) is 6.48. The van der Waals surface area contributed by atoms with Crippen LogP contribution in [0, 0.1) is 12.8 Å². The number of aromatic nitrogens is 1. The molecule has 0 spiro atoms. The Kier molecular flexibility index (Phi) is 2.68. The normalized spacial score (nSPS) is 20.8. The molecule has 0 saturated heterocycles. The summed E-state index contributed by atoms with van der Waals surface area (Å²) in [5, 5.41) is 0. The molecule has 1 saturated carbocycles. The number of hydrogen-bond donors (Lipinski definition) is 0. The third-order valence-electron chi connectivity index (χ3n) is 4.09. The van der Waals surface area contributed by atoms with Crippen LogP contribution in [0.3, 0.4) is 0 Å². The minimum absolute atomic E-state index is 1.03. The highest BCUT2D eigenvalue weighted by molar-refractivity contribution is 5.29. The largest absolute Gasteiger partial charge is 0.295 e. The zero-order valence-corrected chi connectivity index (χ0v) is 10.1. The highest BCUT2D eigenvalue weighted by atomic mass is 15.1. The van der Waals surface area contributed by atoms with Crippen LogP contribution in [0.25, 0.3) is 0 Å². The van der Waals surface area contributed by atoms with E-state index in [1.807, 2.05) is 0 Å². The van der Waals surface area contributed by atoms with Crippen molar-refractivity contribution in [2.45, 2.75) is 45.7 Å². The van der Waals surface area contributed by atoms with E-state index >= 15 is 0 Å². The maximum atomic E-state index is 4.38. The first kappa shape index (κ1) is 10.3. The number of pyridine rings is 1. The Morgan fingerprint density at radius 2 is 2.12 bits per heavy atom. The average molecular weight is 216 g/mol. The predicted octanol–water partition coefficient (Wildman–Crippen LogP) is 2.90. The van der Waals surface area contributed by atoms with Crippen molar-refractivity contribution in [2.75, 3.05) is 6.54 Å². The highest BCUT2D eigenvalue weighted by Gasteiger charge is 2.22. The second kappa shape index (κ2) is 4.17.